The molecular formula is C15H22N4O2. The van der Waals surface area contributed by atoms with Crippen LogP contribution in [-0.2, 0) is 4.79 Å². The highest BCUT2D eigenvalue weighted by atomic mass is 16.2. The fourth-order valence-corrected chi connectivity index (χ4v) is 2.51. The summed E-state index contributed by atoms with van der Waals surface area (Å²) < 4.78 is 0. The first-order chi connectivity index (χ1) is 10.1. The fraction of sp³-hybridized carbons (Fsp3) is 0.533. The molecule has 0 atom stereocenters. The molecule has 1 aliphatic rings. The summed E-state index contributed by atoms with van der Waals surface area (Å²) in [6, 6.07) is 1.72. The van der Waals surface area contributed by atoms with Crippen LogP contribution >= 0.6 is 0 Å². The number of urea groups is 1. The number of carbonyl (C=O) groups excluding carboxylic acids is 2. The molecule has 2 rings (SSSR count). The zero-order chi connectivity index (χ0) is 15.2. The molecule has 1 aliphatic heterocycles. The Morgan fingerprint density at radius 1 is 1.38 bits per heavy atom. The summed E-state index contributed by atoms with van der Waals surface area (Å²) in [5, 5.41) is 5.56. The minimum Gasteiger partial charge on any atom is -0.359 e. The molecule has 0 bridgehead atoms. The molecule has 2 N–H and O–H groups in total. The van der Waals surface area contributed by atoms with Gasteiger partial charge in [0.1, 0.15) is 0 Å². The van der Waals surface area contributed by atoms with Gasteiger partial charge in [0, 0.05) is 44.6 Å². The Labute approximate surface area is 124 Å². The minimum atomic E-state index is -0.0808. The van der Waals surface area contributed by atoms with E-state index in [1.807, 2.05) is 6.92 Å². The number of anilines is 1. The van der Waals surface area contributed by atoms with E-state index in [2.05, 4.69) is 15.6 Å². The van der Waals surface area contributed by atoms with Crippen LogP contribution in [0.4, 0.5) is 10.5 Å². The van der Waals surface area contributed by atoms with Crippen molar-refractivity contribution in [2.45, 2.75) is 26.2 Å². The summed E-state index contributed by atoms with van der Waals surface area (Å²) in [6.07, 6.45) is 5.69. The first kappa shape index (κ1) is 15.3. The van der Waals surface area contributed by atoms with Crippen LogP contribution in [0.1, 0.15) is 24.8 Å². The number of nitrogens with one attached hydrogen (secondary N) is 2. The van der Waals surface area contributed by atoms with Gasteiger partial charge in [0.15, 0.2) is 0 Å². The predicted octanol–water partition coefficient (Wildman–Crippen LogP) is 1.77. The SMILES string of the molecule is CNC(=O)CC1CCN(C(=O)Nc2ccncc2C)CC1. The van der Waals surface area contributed by atoms with Gasteiger partial charge in [-0.2, -0.15) is 0 Å². The molecule has 1 aromatic heterocycles. The average Bonchev–Trinajstić information content (AvgIpc) is 2.50. The molecule has 0 spiro atoms. The van der Waals surface area contributed by atoms with Crippen LogP contribution in [0, 0.1) is 12.8 Å². The van der Waals surface area contributed by atoms with Crippen molar-refractivity contribution in [3.8, 4) is 0 Å². The van der Waals surface area contributed by atoms with Crippen LogP contribution < -0.4 is 10.6 Å². The summed E-state index contributed by atoms with van der Waals surface area (Å²) in [5.74, 6) is 0.446. The molecule has 0 radical (unpaired) electrons. The summed E-state index contributed by atoms with van der Waals surface area (Å²) >= 11 is 0. The number of aryl methyl sites for hydroxylation is 1. The molecule has 0 aliphatic carbocycles. The summed E-state index contributed by atoms with van der Waals surface area (Å²) in [6.45, 7) is 3.30. The molecule has 6 heteroatoms. The molecule has 1 fully saturated rings. The molecule has 1 saturated heterocycles. The van der Waals surface area contributed by atoms with Crippen molar-refractivity contribution >= 4 is 17.6 Å². The van der Waals surface area contributed by atoms with Crippen molar-refractivity contribution in [3.63, 3.8) is 0 Å². The van der Waals surface area contributed by atoms with E-state index in [1.54, 1.807) is 30.4 Å². The molecule has 1 aromatic rings. The Kier molecular flexibility index (Phi) is 5.14. The van der Waals surface area contributed by atoms with E-state index < -0.39 is 0 Å². The van der Waals surface area contributed by atoms with E-state index in [1.165, 1.54) is 0 Å². The molecular weight excluding hydrogens is 268 g/mol. The van der Waals surface area contributed by atoms with Gasteiger partial charge in [-0.3, -0.25) is 9.78 Å². The van der Waals surface area contributed by atoms with Crippen LogP contribution in [0.25, 0.3) is 0 Å². The van der Waals surface area contributed by atoms with Gasteiger partial charge < -0.3 is 15.5 Å². The average molecular weight is 290 g/mol. The second-order valence-electron chi connectivity index (χ2n) is 5.43. The van der Waals surface area contributed by atoms with Gasteiger partial charge in [0.25, 0.3) is 0 Å². The molecule has 6 nitrogen and oxygen atoms in total. The number of hydrogen-bond donors (Lipinski definition) is 2. The number of nitrogens with zero attached hydrogens (tertiary/aromatic N) is 2. The minimum absolute atomic E-state index is 0.0744. The van der Waals surface area contributed by atoms with E-state index in [4.69, 9.17) is 0 Å². The highest BCUT2D eigenvalue weighted by Crippen LogP contribution is 2.21. The number of piperidine rings is 1. The van der Waals surface area contributed by atoms with E-state index >= 15 is 0 Å². The zero-order valence-electron chi connectivity index (χ0n) is 12.6. The Morgan fingerprint density at radius 3 is 2.71 bits per heavy atom. The molecule has 2 heterocycles. The lowest BCUT2D eigenvalue weighted by Gasteiger charge is -2.31. The van der Waals surface area contributed by atoms with Gasteiger partial charge in [-0.1, -0.05) is 0 Å². The first-order valence-electron chi connectivity index (χ1n) is 7.27. The van der Waals surface area contributed by atoms with Gasteiger partial charge in [0.05, 0.1) is 0 Å². The van der Waals surface area contributed by atoms with Crippen LogP contribution in [0.15, 0.2) is 18.5 Å². The normalized spacial score (nSPS) is 15.6. The second kappa shape index (κ2) is 7.06. The monoisotopic (exact) mass is 290 g/mol. The van der Waals surface area contributed by atoms with Crippen LogP contribution in [0.3, 0.4) is 0 Å². The van der Waals surface area contributed by atoms with Crippen LogP contribution in [-0.4, -0.2) is 42.0 Å². The van der Waals surface area contributed by atoms with Crippen molar-refractivity contribution in [2.75, 3.05) is 25.5 Å². The van der Waals surface area contributed by atoms with E-state index in [9.17, 15) is 9.59 Å². The Morgan fingerprint density at radius 2 is 2.10 bits per heavy atom. The number of aromatic nitrogens is 1. The maximum absolute atomic E-state index is 12.2. The summed E-state index contributed by atoms with van der Waals surface area (Å²) in [7, 11) is 1.65. The van der Waals surface area contributed by atoms with Gasteiger partial charge in [-0.25, -0.2) is 4.79 Å². The van der Waals surface area contributed by atoms with Gasteiger partial charge in [-0.15, -0.1) is 0 Å². The Hall–Kier alpha value is -2.11. The molecule has 0 saturated carbocycles. The van der Waals surface area contributed by atoms with Crippen molar-refractivity contribution in [2.24, 2.45) is 5.92 Å². The molecule has 0 aromatic carbocycles. The number of hydrogen-bond acceptors (Lipinski definition) is 3. The quantitative estimate of drug-likeness (QED) is 0.891. The summed E-state index contributed by atoms with van der Waals surface area (Å²) in [5.41, 5.74) is 1.74. The maximum Gasteiger partial charge on any atom is 0.321 e. The topological polar surface area (TPSA) is 74.3 Å². The maximum atomic E-state index is 12.2. The summed E-state index contributed by atoms with van der Waals surface area (Å²) in [4.78, 5) is 29.4. The van der Waals surface area contributed by atoms with Crippen molar-refractivity contribution in [3.05, 3.63) is 24.0 Å². The second-order valence-corrected chi connectivity index (χ2v) is 5.43. The number of amides is 3. The van der Waals surface area contributed by atoms with Crippen LogP contribution in [0.5, 0.6) is 0 Å². The standard InChI is InChI=1S/C15H22N4O2/c1-11-10-17-6-3-13(11)18-15(21)19-7-4-12(5-8-19)9-14(20)16-2/h3,6,10,12H,4-5,7-9H2,1-2H3,(H,16,20)(H,17,18,21). The number of carbonyl (C=O) groups is 2. The third-order valence-electron chi connectivity index (χ3n) is 3.92. The molecule has 21 heavy (non-hydrogen) atoms. The van der Waals surface area contributed by atoms with Crippen LogP contribution in [0.2, 0.25) is 0 Å². The first-order valence-corrected chi connectivity index (χ1v) is 7.27. The van der Waals surface area contributed by atoms with Gasteiger partial charge >= 0.3 is 6.03 Å². The van der Waals surface area contributed by atoms with Crippen molar-refractivity contribution < 1.29 is 9.59 Å². The lowest BCUT2D eigenvalue weighted by Crippen LogP contribution is -2.41. The fourth-order valence-electron chi connectivity index (χ4n) is 2.51. The Bertz CT molecular complexity index is 510. The molecule has 3 amide bonds. The lowest BCUT2D eigenvalue weighted by atomic mass is 9.93. The number of pyridine rings is 1. The third-order valence-corrected chi connectivity index (χ3v) is 3.92. The smallest absolute Gasteiger partial charge is 0.321 e. The van der Waals surface area contributed by atoms with E-state index in [0.29, 0.717) is 25.4 Å². The highest BCUT2D eigenvalue weighted by Gasteiger charge is 2.24. The molecule has 0 unspecified atom stereocenters. The lowest BCUT2D eigenvalue weighted by molar-refractivity contribution is -0.121. The Balaban J connectivity index is 1.83. The van der Waals surface area contributed by atoms with Gasteiger partial charge in [-0.05, 0) is 37.3 Å². The molecule has 114 valence electrons. The number of rotatable bonds is 3. The van der Waals surface area contributed by atoms with Gasteiger partial charge in [0.2, 0.25) is 5.91 Å². The third kappa shape index (κ3) is 4.18. The van der Waals surface area contributed by atoms with E-state index in [0.717, 1.165) is 24.1 Å². The van der Waals surface area contributed by atoms with Crippen molar-refractivity contribution in [1.29, 1.82) is 0 Å². The highest BCUT2D eigenvalue weighted by molar-refractivity contribution is 5.90. The number of likely N-dealkylation sites (tertiary alicyclic amines) is 1. The predicted molar refractivity (Wildman–Crippen MR) is 81.0 cm³/mol. The largest absolute Gasteiger partial charge is 0.359 e. The zero-order valence-corrected chi connectivity index (χ0v) is 12.6. The van der Waals surface area contributed by atoms with Crippen molar-refractivity contribution in [1.82, 2.24) is 15.2 Å². The van der Waals surface area contributed by atoms with E-state index in [-0.39, 0.29) is 11.9 Å².